The number of ether oxygens (including phenoxy) is 1. The van der Waals surface area contributed by atoms with Crippen LogP contribution in [0.15, 0.2) is 12.2 Å². The number of esters is 1. The minimum Gasteiger partial charge on any atom is -0.469 e. The molecule has 3 heteroatoms. The maximum absolute atomic E-state index is 11.0. The summed E-state index contributed by atoms with van der Waals surface area (Å²) in [5.41, 5.74) is 0. The number of fused-ring (bicyclic) bond motifs is 2. The van der Waals surface area contributed by atoms with Crippen LogP contribution in [0.1, 0.15) is 38.5 Å². The molecule has 2 rings (SSSR count). The Morgan fingerprint density at radius 3 is 2.89 bits per heavy atom. The first-order valence-electron chi connectivity index (χ1n) is 7.10. The number of carbonyl (C=O) groups excluding carboxylic acids is 1. The molecular formula is C15H24O3. The second kappa shape index (κ2) is 6.37. The minimum atomic E-state index is -0.128. The summed E-state index contributed by atoms with van der Waals surface area (Å²) in [5.74, 6) is 2.48. The Hall–Kier alpha value is -0.830. The zero-order valence-electron chi connectivity index (χ0n) is 11.2. The first-order valence-corrected chi connectivity index (χ1v) is 7.10. The molecule has 4 atom stereocenters. The van der Waals surface area contributed by atoms with Gasteiger partial charge >= 0.3 is 5.97 Å². The molecule has 2 fully saturated rings. The molecule has 0 aromatic carbocycles. The molecule has 0 aromatic heterocycles. The average Bonchev–Trinajstić information content (AvgIpc) is 2.98. The molecule has 0 radical (unpaired) electrons. The number of carbonyl (C=O) groups is 1. The molecular weight excluding hydrogens is 228 g/mol. The first-order chi connectivity index (χ1) is 8.76. The number of hydrogen-bond acceptors (Lipinski definition) is 3. The Balaban J connectivity index is 1.73. The van der Waals surface area contributed by atoms with Crippen molar-refractivity contribution in [2.75, 3.05) is 13.7 Å². The van der Waals surface area contributed by atoms with Crippen LogP contribution >= 0.6 is 0 Å². The Morgan fingerprint density at radius 2 is 2.17 bits per heavy atom. The number of rotatable bonds is 6. The summed E-state index contributed by atoms with van der Waals surface area (Å²) in [6.07, 6.45) is 10.7. The van der Waals surface area contributed by atoms with Gasteiger partial charge in [0.2, 0.25) is 0 Å². The highest BCUT2D eigenvalue weighted by molar-refractivity contribution is 5.69. The van der Waals surface area contributed by atoms with Gasteiger partial charge < -0.3 is 9.84 Å². The van der Waals surface area contributed by atoms with Crippen molar-refractivity contribution in [3.8, 4) is 0 Å². The number of aliphatic hydroxyl groups excluding tert-OH is 1. The second-order valence-corrected chi connectivity index (χ2v) is 5.65. The smallest absolute Gasteiger partial charge is 0.305 e. The van der Waals surface area contributed by atoms with Gasteiger partial charge in [0, 0.05) is 13.0 Å². The summed E-state index contributed by atoms with van der Waals surface area (Å²) in [7, 11) is 1.43. The van der Waals surface area contributed by atoms with E-state index in [1.54, 1.807) is 0 Å². The van der Waals surface area contributed by atoms with Crippen molar-refractivity contribution in [2.45, 2.75) is 38.5 Å². The number of hydrogen-bond donors (Lipinski definition) is 1. The van der Waals surface area contributed by atoms with Crippen molar-refractivity contribution >= 4 is 5.97 Å². The maximum Gasteiger partial charge on any atom is 0.305 e. The topological polar surface area (TPSA) is 46.5 Å². The molecule has 102 valence electrons. The molecule has 2 bridgehead atoms. The van der Waals surface area contributed by atoms with Gasteiger partial charge in [-0.25, -0.2) is 0 Å². The van der Waals surface area contributed by atoms with Gasteiger partial charge in [0.25, 0.3) is 0 Å². The van der Waals surface area contributed by atoms with E-state index in [0.29, 0.717) is 24.9 Å². The Kier molecular flexibility index (Phi) is 4.81. The predicted octanol–water partition coefficient (Wildman–Crippen LogP) is 2.54. The highest BCUT2D eigenvalue weighted by Gasteiger charge is 2.45. The first kappa shape index (κ1) is 13.6. The van der Waals surface area contributed by atoms with Gasteiger partial charge in [-0.1, -0.05) is 12.2 Å². The number of methoxy groups -OCH3 is 1. The van der Waals surface area contributed by atoms with Crippen molar-refractivity contribution in [3.05, 3.63) is 12.2 Å². The third-order valence-corrected chi connectivity index (χ3v) is 4.71. The van der Waals surface area contributed by atoms with E-state index < -0.39 is 0 Å². The van der Waals surface area contributed by atoms with E-state index in [4.69, 9.17) is 0 Å². The molecule has 0 amide bonds. The highest BCUT2D eigenvalue weighted by atomic mass is 16.5. The van der Waals surface area contributed by atoms with Gasteiger partial charge in [0.1, 0.15) is 0 Å². The molecule has 2 saturated carbocycles. The summed E-state index contributed by atoms with van der Waals surface area (Å²) in [4.78, 5) is 11.0. The Bertz CT molecular complexity index is 311. The summed E-state index contributed by atoms with van der Waals surface area (Å²) in [5, 5.41) is 9.47. The normalized spacial score (nSPS) is 34.3. The standard InChI is InChI=1S/C15H24O3/c1-18-15(17)6-4-2-3-5-13-11-7-8-12(9-11)14(13)10-16/h3,5,11-14,16H,2,4,6-10H2,1H3. The van der Waals surface area contributed by atoms with Crippen molar-refractivity contribution in [1.29, 1.82) is 0 Å². The van der Waals surface area contributed by atoms with Crippen LogP contribution in [0.25, 0.3) is 0 Å². The molecule has 2 aliphatic carbocycles. The van der Waals surface area contributed by atoms with E-state index in [1.165, 1.54) is 26.4 Å². The van der Waals surface area contributed by atoms with Gasteiger partial charge in [0.15, 0.2) is 0 Å². The lowest BCUT2D eigenvalue weighted by molar-refractivity contribution is -0.140. The lowest BCUT2D eigenvalue weighted by Gasteiger charge is -2.27. The summed E-state index contributed by atoms with van der Waals surface area (Å²) in [6, 6.07) is 0. The molecule has 0 heterocycles. The molecule has 0 spiro atoms. The zero-order chi connectivity index (χ0) is 13.0. The lowest BCUT2D eigenvalue weighted by atomic mass is 9.79. The van der Waals surface area contributed by atoms with E-state index in [0.717, 1.165) is 24.7 Å². The van der Waals surface area contributed by atoms with Crippen LogP contribution in [0.5, 0.6) is 0 Å². The van der Waals surface area contributed by atoms with Crippen LogP contribution in [-0.4, -0.2) is 24.8 Å². The van der Waals surface area contributed by atoms with Crippen molar-refractivity contribution in [1.82, 2.24) is 0 Å². The quantitative estimate of drug-likeness (QED) is 0.449. The fourth-order valence-corrected chi connectivity index (χ4v) is 3.75. The zero-order valence-corrected chi connectivity index (χ0v) is 11.2. The summed E-state index contributed by atoms with van der Waals surface area (Å²) >= 11 is 0. The molecule has 1 N–H and O–H groups in total. The van der Waals surface area contributed by atoms with Gasteiger partial charge in [-0.15, -0.1) is 0 Å². The van der Waals surface area contributed by atoms with Crippen LogP contribution in [0.2, 0.25) is 0 Å². The third kappa shape index (κ3) is 2.94. The summed E-state index contributed by atoms with van der Waals surface area (Å²) < 4.78 is 4.61. The monoisotopic (exact) mass is 252 g/mol. The van der Waals surface area contributed by atoms with Crippen LogP contribution in [0, 0.1) is 23.7 Å². The van der Waals surface area contributed by atoms with Crippen LogP contribution in [-0.2, 0) is 9.53 Å². The van der Waals surface area contributed by atoms with Crippen LogP contribution < -0.4 is 0 Å². The van der Waals surface area contributed by atoms with E-state index in [9.17, 15) is 9.90 Å². The van der Waals surface area contributed by atoms with Crippen LogP contribution in [0.3, 0.4) is 0 Å². The molecule has 4 unspecified atom stereocenters. The van der Waals surface area contributed by atoms with Gasteiger partial charge in [-0.3, -0.25) is 4.79 Å². The Labute approximate surface area is 109 Å². The van der Waals surface area contributed by atoms with E-state index >= 15 is 0 Å². The Morgan fingerprint density at radius 1 is 1.39 bits per heavy atom. The average molecular weight is 252 g/mol. The number of allylic oxidation sites excluding steroid dienone is 2. The third-order valence-electron chi connectivity index (χ3n) is 4.71. The van der Waals surface area contributed by atoms with Crippen LogP contribution in [0.4, 0.5) is 0 Å². The van der Waals surface area contributed by atoms with Crippen molar-refractivity contribution in [2.24, 2.45) is 23.7 Å². The number of unbranched alkanes of at least 4 members (excludes halogenated alkanes) is 1. The maximum atomic E-state index is 11.0. The molecule has 0 aromatic rings. The van der Waals surface area contributed by atoms with E-state index in [2.05, 4.69) is 16.9 Å². The second-order valence-electron chi connectivity index (χ2n) is 5.65. The molecule has 2 aliphatic rings. The fourth-order valence-electron chi connectivity index (χ4n) is 3.75. The number of aliphatic hydroxyl groups is 1. The van der Waals surface area contributed by atoms with Gasteiger partial charge in [-0.2, -0.15) is 0 Å². The van der Waals surface area contributed by atoms with Gasteiger partial charge in [-0.05, 0) is 55.8 Å². The molecule has 18 heavy (non-hydrogen) atoms. The van der Waals surface area contributed by atoms with E-state index in [-0.39, 0.29) is 5.97 Å². The largest absolute Gasteiger partial charge is 0.469 e. The van der Waals surface area contributed by atoms with Gasteiger partial charge in [0.05, 0.1) is 7.11 Å². The minimum absolute atomic E-state index is 0.128. The fraction of sp³-hybridized carbons (Fsp3) is 0.800. The molecule has 3 nitrogen and oxygen atoms in total. The summed E-state index contributed by atoms with van der Waals surface area (Å²) in [6.45, 7) is 0.332. The van der Waals surface area contributed by atoms with Crippen molar-refractivity contribution < 1.29 is 14.6 Å². The lowest BCUT2D eigenvalue weighted by Crippen LogP contribution is -2.23. The molecule has 0 saturated heterocycles. The molecule has 0 aliphatic heterocycles. The predicted molar refractivity (Wildman–Crippen MR) is 69.9 cm³/mol. The highest BCUT2D eigenvalue weighted by Crippen LogP contribution is 2.52. The van der Waals surface area contributed by atoms with E-state index in [1.807, 2.05) is 0 Å². The van der Waals surface area contributed by atoms with Crippen molar-refractivity contribution in [3.63, 3.8) is 0 Å². The SMILES string of the molecule is COC(=O)CCCC=CC1C2CCC(C2)C1CO.